The molecule has 0 spiro atoms. The predicted octanol–water partition coefficient (Wildman–Crippen LogP) is 3.04. The lowest BCUT2D eigenvalue weighted by Crippen LogP contribution is -2.29. The molecule has 0 aliphatic carbocycles. The maximum atomic E-state index is 12.1. The fourth-order valence-electron chi connectivity index (χ4n) is 3.93. The third-order valence-electron chi connectivity index (χ3n) is 5.09. The van der Waals surface area contributed by atoms with Crippen molar-refractivity contribution in [2.75, 3.05) is 13.1 Å². The van der Waals surface area contributed by atoms with Crippen molar-refractivity contribution in [3.05, 3.63) is 58.3 Å². The number of benzene rings is 1. The fourth-order valence-corrected chi connectivity index (χ4v) is 4.57. The minimum atomic E-state index is 0.0808. The molecule has 1 amide bonds. The molecule has 0 saturated carbocycles. The van der Waals surface area contributed by atoms with Gasteiger partial charge in [-0.2, -0.15) is 0 Å². The smallest absolute Gasteiger partial charge is 0.222 e. The van der Waals surface area contributed by atoms with E-state index < -0.39 is 0 Å². The number of hydrogen-bond donors (Lipinski definition) is 1. The van der Waals surface area contributed by atoms with Gasteiger partial charge < -0.3 is 10.1 Å². The summed E-state index contributed by atoms with van der Waals surface area (Å²) in [4.78, 5) is 15.8. The summed E-state index contributed by atoms with van der Waals surface area (Å²) in [6.07, 6.45) is 1.86. The third kappa shape index (κ3) is 4.29. The van der Waals surface area contributed by atoms with Crippen LogP contribution in [0.15, 0.2) is 47.8 Å². The molecule has 3 heterocycles. The topological polar surface area (TPSA) is 41.6 Å². The van der Waals surface area contributed by atoms with Gasteiger partial charge in [-0.25, -0.2) is 0 Å². The van der Waals surface area contributed by atoms with Gasteiger partial charge in [-0.3, -0.25) is 9.69 Å². The number of nitrogens with zero attached hydrogens (tertiary/aromatic N) is 1. The van der Waals surface area contributed by atoms with Crippen LogP contribution in [0, 0.1) is 5.92 Å². The van der Waals surface area contributed by atoms with Crippen LogP contribution in [0.1, 0.15) is 23.3 Å². The van der Waals surface area contributed by atoms with E-state index >= 15 is 0 Å². The molecule has 0 unspecified atom stereocenters. The molecule has 2 aliphatic heterocycles. The van der Waals surface area contributed by atoms with E-state index in [9.17, 15) is 4.79 Å². The Morgan fingerprint density at radius 1 is 1.20 bits per heavy atom. The largest absolute Gasteiger partial charge is 0.373 e. The van der Waals surface area contributed by atoms with Crippen molar-refractivity contribution in [2.45, 2.75) is 38.1 Å². The number of carbonyl (C=O) groups is 1. The number of ether oxygens (including phenoxy) is 1. The molecular formula is C20H24N2O2S. The van der Waals surface area contributed by atoms with E-state index in [0.29, 0.717) is 25.0 Å². The Balaban J connectivity index is 1.20. The second-order valence-corrected chi connectivity index (χ2v) is 8.06. The van der Waals surface area contributed by atoms with Crippen LogP contribution < -0.4 is 5.32 Å². The number of likely N-dealkylation sites (tertiary alicyclic amines) is 1. The number of thiophene rings is 1. The zero-order valence-corrected chi connectivity index (χ0v) is 15.1. The zero-order valence-electron chi connectivity index (χ0n) is 14.3. The lowest BCUT2D eigenvalue weighted by molar-refractivity contribution is -0.123. The van der Waals surface area contributed by atoms with Crippen LogP contribution in [0.25, 0.3) is 0 Å². The highest BCUT2D eigenvalue weighted by Gasteiger charge is 2.42. The van der Waals surface area contributed by atoms with Crippen molar-refractivity contribution in [1.29, 1.82) is 0 Å². The van der Waals surface area contributed by atoms with Crippen molar-refractivity contribution in [3.8, 4) is 0 Å². The van der Waals surface area contributed by atoms with Crippen molar-refractivity contribution in [1.82, 2.24) is 10.2 Å². The molecule has 4 rings (SSSR count). The highest BCUT2D eigenvalue weighted by atomic mass is 32.1. The monoisotopic (exact) mass is 356 g/mol. The van der Waals surface area contributed by atoms with E-state index in [0.717, 1.165) is 26.1 Å². The van der Waals surface area contributed by atoms with E-state index in [4.69, 9.17) is 4.74 Å². The second-order valence-electron chi connectivity index (χ2n) is 7.03. The summed E-state index contributed by atoms with van der Waals surface area (Å²) in [6, 6.07) is 14.6. The number of fused-ring (bicyclic) bond motifs is 1. The molecule has 2 aromatic rings. The highest BCUT2D eigenvalue weighted by molar-refractivity contribution is 7.09. The SMILES string of the molecule is O=C(C[C@H]1C[C@H]2CN(Cc3ccccc3)C[C@H]2O1)NCc1cccs1. The van der Waals surface area contributed by atoms with Gasteiger partial charge in [0.25, 0.3) is 0 Å². The summed E-state index contributed by atoms with van der Waals surface area (Å²) >= 11 is 1.67. The van der Waals surface area contributed by atoms with Gasteiger partial charge in [-0.15, -0.1) is 11.3 Å². The van der Waals surface area contributed by atoms with Gasteiger partial charge in [0.2, 0.25) is 5.91 Å². The second kappa shape index (κ2) is 7.68. The molecule has 2 aliphatic rings. The van der Waals surface area contributed by atoms with Gasteiger partial charge in [0, 0.05) is 30.4 Å². The maximum absolute atomic E-state index is 12.1. The molecule has 1 aromatic heterocycles. The first-order valence-corrected chi connectivity index (χ1v) is 9.85. The zero-order chi connectivity index (χ0) is 17.1. The Morgan fingerprint density at radius 2 is 2.08 bits per heavy atom. The lowest BCUT2D eigenvalue weighted by atomic mass is 10.0. The molecule has 2 fully saturated rings. The van der Waals surface area contributed by atoms with Crippen LogP contribution in [0.2, 0.25) is 0 Å². The Bertz CT molecular complexity index is 675. The molecule has 2 saturated heterocycles. The quantitative estimate of drug-likeness (QED) is 0.865. The Morgan fingerprint density at radius 3 is 2.84 bits per heavy atom. The van der Waals surface area contributed by atoms with E-state index in [1.54, 1.807) is 11.3 Å². The molecule has 132 valence electrons. The van der Waals surface area contributed by atoms with Crippen molar-refractivity contribution < 1.29 is 9.53 Å². The van der Waals surface area contributed by atoms with E-state index in [1.165, 1.54) is 10.4 Å². The van der Waals surface area contributed by atoms with Crippen LogP contribution in [0.5, 0.6) is 0 Å². The van der Waals surface area contributed by atoms with E-state index in [1.807, 2.05) is 17.5 Å². The van der Waals surface area contributed by atoms with Gasteiger partial charge >= 0.3 is 0 Å². The average molecular weight is 356 g/mol. The summed E-state index contributed by atoms with van der Waals surface area (Å²) in [5.41, 5.74) is 1.35. The van der Waals surface area contributed by atoms with Gasteiger partial charge in [0.15, 0.2) is 0 Å². The Hall–Kier alpha value is -1.69. The number of carbonyl (C=O) groups excluding carboxylic acids is 1. The van der Waals surface area contributed by atoms with E-state index in [-0.39, 0.29) is 12.0 Å². The summed E-state index contributed by atoms with van der Waals surface area (Å²) in [7, 11) is 0. The molecule has 1 N–H and O–H groups in total. The van der Waals surface area contributed by atoms with E-state index in [2.05, 4.69) is 40.5 Å². The lowest BCUT2D eigenvalue weighted by Gasteiger charge is -2.19. The molecule has 25 heavy (non-hydrogen) atoms. The highest BCUT2D eigenvalue weighted by Crippen LogP contribution is 2.34. The first-order valence-electron chi connectivity index (χ1n) is 8.97. The first-order chi connectivity index (χ1) is 12.3. The van der Waals surface area contributed by atoms with Crippen LogP contribution in [0.3, 0.4) is 0 Å². The fraction of sp³-hybridized carbons (Fsp3) is 0.450. The molecular weight excluding hydrogens is 332 g/mol. The minimum Gasteiger partial charge on any atom is -0.373 e. The van der Waals surface area contributed by atoms with Crippen molar-refractivity contribution >= 4 is 17.2 Å². The minimum absolute atomic E-state index is 0.0808. The van der Waals surface area contributed by atoms with Crippen LogP contribution in [-0.4, -0.2) is 36.1 Å². The van der Waals surface area contributed by atoms with Crippen LogP contribution >= 0.6 is 11.3 Å². The van der Waals surface area contributed by atoms with Crippen LogP contribution in [-0.2, 0) is 22.6 Å². The molecule has 5 heteroatoms. The number of rotatable bonds is 6. The number of hydrogen-bond acceptors (Lipinski definition) is 4. The normalized spacial score (nSPS) is 25.8. The molecule has 3 atom stereocenters. The van der Waals surface area contributed by atoms with Crippen molar-refractivity contribution in [3.63, 3.8) is 0 Å². The summed E-state index contributed by atoms with van der Waals surface area (Å²) in [5.74, 6) is 0.665. The Labute approximate surface area is 152 Å². The molecule has 4 nitrogen and oxygen atoms in total. The Kier molecular flexibility index (Phi) is 5.15. The van der Waals surface area contributed by atoms with Gasteiger partial charge in [0.1, 0.15) is 0 Å². The molecule has 1 aromatic carbocycles. The first kappa shape index (κ1) is 16.8. The third-order valence-corrected chi connectivity index (χ3v) is 5.97. The van der Waals surface area contributed by atoms with Gasteiger partial charge in [0.05, 0.1) is 25.2 Å². The van der Waals surface area contributed by atoms with Crippen molar-refractivity contribution in [2.24, 2.45) is 5.92 Å². The molecule has 0 bridgehead atoms. The number of nitrogens with one attached hydrogen (secondary N) is 1. The van der Waals surface area contributed by atoms with Gasteiger partial charge in [-0.05, 0) is 23.4 Å². The standard InChI is InChI=1S/C20H24N2O2S/c23-20(21-11-18-7-4-8-25-18)10-17-9-16-13-22(14-19(16)24-17)12-15-5-2-1-3-6-15/h1-8,16-17,19H,9-14H2,(H,21,23)/t16-,17+,19+/m0/s1. The predicted molar refractivity (Wildman–Crippen MR) is 99.3 cm³/mol. The summed E-state index contributed by atoms with van der Waals surface area (Å²) in [6.45, 7) is 3.67. The average Bonchev–Trinajstić information content (AvgIpc) is 3.30. The van der Waals surface area contributed by atoms with Gasteiger partial charge in [-0.1, -0.05) is 36.4 Å². The number of amides is 1. The maximum Gasteiger partial charge on any atom is 0.222 e. The summed E-state index contributed by atoms with van der Waals surface area (Å²) in [5, 5.41) is 5.03. The molecule has 0 radical (unpaired) electrons. The summed E-state index contributed by atoms with van der Waals surface area (Å²) < 4.78 is 6.16. The van der Waals surface area contributed by atoms with Crippen LogP contribution in [0.4, 0.5) is 0 Å².